The highest BCUT2D eigenvalue weighted by molar-refractivity contribution is 6.08. The smallest absolute Gasteiger partial charge is 0.339 e. The Balaban J connectivity index is 1.90. The van der Waals surface area contributed by atoms with Crippen LogP contribution in [0.2, 0.25) is 0 Å². The summed E-state index contributed by atoms with van der Waals surface area (Å²) >= 11 is 0. The van der Waals surface area contributed by atoms with E-state index in [0.717, 1.165) is 10.9 Å². The van der Waals surface area contributed by atoms with Gasteiger partial charge in [0.2, 0.25) is 0 Å². The van der Waals surface area contributed by atoms with Gasteiger partial charge in [-0.2, -0.15) is 0 Å². The van der Waals surface area contributed by atoms with E-state index in [0.29, 0.717) is 16.9 Å². The average Bonchev–Trinajstić information content (AvgIpc) is 2.99. The third-order valence-corrected chi connectivity index (χ3v) is 3.36. The maximum absolute atomic E-state index is 12.4. The van der Waals surface area contributed by atoms with Crippen LogP contribution in [-0.4, -0.2) is 24.0 Å². The summed E-state index contributed by atoms with van der Waals surface area (Å²) in [6.07, 6.45) is 0. The minimum Gasteiger partial charge on any atom is -0.465 e. The zero-order valence-corrected chi connectivity index (χ0v) is 11.9. The summed E-state index contributed by atoms with van der Waals surface area (Å²) in [5, 5.41) is 3.68. The van der Waals surface area contributed by atoms with Crippen molar-refractivity contribution in [2.45, 2.75) is 0 Å². The predicted octanol–water partition coefficient (Wildman–Crippen LogP) is 3.21. The Morgan fingerprint density at radius 3 is 2.55 bits per heavy atom. The maximum Gasteiger partial charge on any atom is 0.339 e. The number of amides is 1. The van der Waals surface area contributed by atoms with E-state index in [1.54, 1.807) is 30.3 Å². The highest BCUT2D eigenvalue weighted by atomic mass is 16.5. The normalized spacial score (nSPS) is 10.4. The van der Waals surface area contributed by atoms with Crippen LogP contribution in [0.15, 0.2) is 54.6 Å². The van der Waals surface area contributed by atoms with Crippen LogP contribution in [-0.2, 0) is 4.74 Å². The highest BCUT2D eigenvalue weighted by Gasteiger charge is 2.15. The summed E-state index contributed by atoms with van der Waals surface area (Å²) in [7, 11) is 1.30. The number of fused-ring (bicyclic) bond motifs is 1. The number of methoxy groups -OCH3 is 1. The fraction of sp³-hybridized carbons (Fsp3) is 0.0588. The molecule has 0 saturated heterocycles. The second kappa shape index (κ2) is 5.73. The fourth-order valence-electron chi connectivity index (χ4n) is 2.27. The molecular weight excluding hydrogens is 280 g/mol. The van der Waals surface area contributed by atoms with Crippen LogP contribution in [0.4, 0.5) is 5.69 Å². The molecule has 2 aromatic carbocycles. The van der Waals surface area contributed by atoms with Crippen LogP contribution < -0.4 is 5.32 Å². The molecule has 0 radical (unpaired) electrons. The second-order valence-electron chi connectivity index (χ2n) is 4.76. The van der Waals surface area contributed by atoms with Crippen LogP contribution in [0.5, 0.6) is 0 Å². The first-order valence-electron chi connectivity index (χ1n) is 6.75. The Kier molecular flexibility index (Phi) is 3.62. The molecule has 3 rings (SSSR count). The zero-order valence-electron chi connectivity index (χ0n) is 11.9. The number of anilines is 1. The van der Waals surface area contributed by atoms with Crippen molar-refractivity contribution < 1.29 is 14.3 Å². The van der Waals surface area contributed by atoms with E-state index in [9.17, 15) is 9.59 Å². The van der Waals surface area contributed by atoms with Gasteiger partial charge in [-0.15, -0.1) is 0 Å². The summed E-state index contributed by atoms with van der Waals surface area (Å²) in [5.74, 6) is -0.805. The number of rotatable bonds is 3. The molecule has 0 spiro atoms. The van der Waals surface area contributed by atoms with Crippen molar-refractivity contribution in [3.05, 3.63) is 65.9 Å². The molecule has 0 aliphatic rings. The van der Waals surface area contributed by atoms with Crippen molar-refractivity contribution in [3.63, 3.8) is 0 Å². The van der Waals surface area contributed by atoms with E-state index in [-0.39, 0.29) is 5.91 Å². The van der Waals surface area contributed by atoms with Gasteiger partial charge in [0.15, 0.2) is 0 Å². The molecule has 1 aromatic heterocycles. The van der Waals surface area contributed by atoms with E-state index < -0.39 is 5.97 Å². The topological polar surface area (TPSA) is 71.2 Å². The van der Waals surface area contributed by atoms with Gasteiger partial charge in [0.05, 0.1) is 18.4 Å². The molecule has 0 bridgehead atoms. The standard InChI is InChI=1S/C17H14N2O3/c1-22-17(21)12-7-3-5-9-14(12)19-16(20)15-10-11-6-2-4-8-13(11)18-15/h2-10,18H,1H3,(H,19,20). The lowest BCUT2D eigenvalue weighted by Gasteiger charge is -2.08. The second-order valence-corrected chi connectivity index (χ2v) is 4.76. The molecule has 0 fully saturated rings. The lowest BCUT2D eigenvalue weighted by Crippen LogP contribution is -2.15. The van der Waals surface area contributed by atoms with Gasteiger partial charge in [-0.1, -0.05) is 30.3 Å². The van der Waals surface area contributed by atoms with E-state index in [4.69, 9.17) is 4.74 Å². The third kappa shape index (κ3) is 2.56. The number of carbonyl (C=O) groups is 2. The Bertz CT molecular complexity index is 819. The first-order chi connectivity index (χ1) is 10.7. The van der Waals surface area contributed by atoms with Crippen LogP contribution >= 0.6 is 0 Å². The quantitative estimate of drug-likeness (QED) is 0.729. The monoisotopic (exact) mass is 294 g/mol. The lowest BCUT2D eigenvalue weighted by molar-refractivity contribution is 0.0602. The molecule has 0 atom stereocenters. The minimum atomic E-state index is -0.493. The summed E-state index contributed by atoms with van der Waals surface area (Å²) < 4.78 is 4.71. The molecule has 0 aliphatic carbocycles. The van der Waals surface area contributed by atoms with Gasteiger partial charge >= 0.3 is 5.97 Å². The first-order valence-corrected chi connectivity index (χ1v) is 6.75. The van der Waals surface area contributed by atoms with E-state index in [2.05, 4.69) is 10.3 Å². The number of para-hydroxylation sites is 2. The SMILES string of the molecule is COC(=O)c1ccccc1NC(=O)c1cc2ccccc2[nH]1. The molecule has 1 amide bonds. The molecule has 0 aliphatic heterocycles. The van der Waals surface area contributed by atoms with Gasteiger partial charge < -0.3 is 15.0 Å². The van der Waals surface area contributed by atoms with Crippen LogP contribution in [0.3, 0.4) is 0 Å². The van der Waals surface area contributed by atoms with E-state index in [1.165, 1.54) is 7.11 Å². The largest absolute Gasteiger partial charge is 0.465 e. The fourth-order valence-corrected chi connectivity index (χ4v) is 2.27. The van der Waals surface area contributed by atoms with Crippen LogP contribution in [0.1, 0.15) is 20.8 Å². The summed E-state index contributed by atoms with van der Waals surface area (Å²) in [4.78, 5) is 27.1. The van der Waals surface area contributed by atoms with Crippen LogP contribution in [0.25, 0.3) is 10.9 Å². The first kappa shape index (κ1) is 13.9. The number of hydrogen-bond donors (Lipinski definition) is 2. The number of benzene rings is 2. The van der Waals surface area contributed by atoms with Crippen molar-refractivity contribution in [1.82, 2.24) is 4.98 Å². The number of nitrogens with one attached hydrogen (secondary N) is 2. The molecule has 5 nitrogen and oxygen atoms in total. The van der Waals surface area contributed by atoms with Gasteiger partial charge in [0.25, 0.3) is 5.91 Å². The van der Waals surface area contributed by atoms with Gasteiger partial charge in [-0.3, -0.25) is 4.79 Å². The van der Waals surface area contributed by atoms with Gasteiger partial charge in [-0.05, 0) is 24.3 Å². The van der Waals surface area contributed by atoms with Gasteiger partial charge in [0.1, 0.15) is 5.69 Å². The number of H-pyrrole nitrogens is 1. The Hall–Kier alpha value is -3.08. The molecule has 5 heteroatoms. The molecule has 22 heavy (non-hydrogen) atoms. The Morgan fingerprint density at radius 1 is 1.05 bits per heavy atom. The number of hydrogen-bond acceptors (Lipinski definition) is 3. The third-order valence-electron chi connectivity index (χ3n) is 3.36. The molecular formula is C17H14N2O3. The number of aromatic amines is 1. The summed E-state index contributed by atoms with van der Waals surface area (Å²) in [6.45, 7) is 0. The van der Waals surface area contributed by atoms with Crippen molar-refractivity contribution in [3.8, 4) is 0 Å². The lowest BCUT2D eigenvalue weighted by atomic mass is 10.1. The van der Waals surface area contributed by atoms with Crippen molar-refractivity contribution in [1.29, 1.82) is 0 Å². The number of ether oxygens (including phenoxy) is 1. The number of aromatic nitrogens is 1. The molecule has 2 N–H and O–H groups in total. The summed E-state index contributed by atoms with van der Waals surface area (Å²) in [5.41, 5.74) is 2.04. The Morgan fingerprint density at radius 2 is 1.77 bits per heavy atom. The average molecular weight is 294 g/mol. The molecule has 1 heterocycles. The molecule has 110 valence electrons. The Labute approximate surface area is 126 Å². The van der Waals surface area contributed by atoms with Crippen molar-refractivity contribution >= 4 is 28.5 Å². The predicted molar refractivity (Wildman–Crippen MR) is 84.0 cm³/mol. The molecule has 0 saturated carbocycles. The molecule has 3 aromatic rings. The van der Waals surface area contributed by atoms with Gasteiger partial charge in [-0.25, -0.2) is 4.79 Å². The number of esters is 1. The zero-order chi connectivity index (χ0) is 15.5. The van der Waals surface area contributed by atoms with Crippen LogP contribution in [0, 0.1) is 0 Å². The maximum atomic E-state index is 12.4. The highest BCUT2D eigenvalue weighted by Crippen LogP contribution is 2.19. The summed E-state index contributed by atoms with van der Waals surface area (Å²) in [6, 6.07) is 16.1. The minimum absolute atomic E-state index is 0.312. The van der Waals surface area contributed by atoms with E-state index in [1.807, 2.05) is 24.3 Å². The van der Waals surface area contributed by atoms with Crippen molar-refractivity contribution in [2.75, 3.05) is 12.4 Å². The van der Waals surface area contributed by atoms with E-state index >= 15 is 0 Å². The van der Waals surface area contributed by atoms with Crippen molar-refractivity contribution in [2.24, 2.45) is 0 Å². The van der Waals surface area contributed by atoms with Gasteiger partial charge in [0, 0.05) is 10.9 Å². The number of carbonyl (C=O) groups excluding carboxylic acids is 2. The molecule has 0 unspecified atom stereocenters.